The predicted octanol–water partition coefficient (Wildman–Crippen LogP) is 4.57. The fourth-order valence-electron chi connectivity index (χ4n) is 2.39. The van der Waals surface area contributed by atoms with Gasteiger partial charge in [-0.15, -0.1) is 0 Å². The van der Waals surface area contributed by atoms with Gasteiger partial charge in [0.1, 0.15) is 5.78 Å². The number of hydrogen-bond donors (Lipinski definition) is 1. The number of ketones is 1. The maximum atomic E-state index is 12.2. The third-order valence-electron chi connectivity index (χ3n) is 3.71. The summed E-state index contributed by atoms with van der Waals surface area (Å²) in [4.78, 5) is 21.2. The number of carbonyl (C=O) groups excluding carboxylic acids is 1. The van der Waals surface area contributed by atoms with Gasteiger partial charge in [0.05, 0.1) is 6.61 Å². The van der Waals surface area contributed by atoms with Crippen LogP contribution in [0.2, 0.25) is 0 Å². The number of benzene rings is 1. The van der Waals surface area contributed by atoms with Gasteiger partial charge in [-0.1, -0.05) is 50.3 Å². The normalized spacial score (nSPS) is 14.3. The van der Waals surface area contributed by atoms with Crippen molar-refractivity contribution in [1.29, 1.82) is 0 Å². The molecule has 128 valence electrons. The van der Waals surface area contributed by atoms with E-state index in [1.54, 1.807) is 0 Å². The maximum Gasteiger partial charge on any atom is 0.325 e. The molecule has 1 rings (SSSR count). The standard InChI is InChI=1S/C18H27O4P/c1-14(2)15-8-6-9-16(12-15)18(3,4)13-17(19)10-7-11-22-23(5,20)21/h6,8-9,12H,1,7,10-11,13H2,2-5H3,(H,20,21). The lowest BCUT2D eigenvalue weighted by Crippen LogP contribution is -2.22. The molecule has 0 bridgehead atoms. The first-order valence-electron chi connectivity index (χ1n) is 7.74. The van der Waals surface area contributed by atoms with E-state index in [1.807, 2.05) is 39.0 Å². The minimum absolute atomic E-state index is 0.127. The van der Waals surface area contributed by atoms with Crippen molar-refractivity contribution in [2.45, 2.75) is 45.4 Å². The Labute approximate surface area is 139 Å². The van der Waals surface area contributed by atoms with Gasteiger partial charge in [-0.25, -0.2) is 0 Å². The molecular weight excluding hydrogens is 311 g/mol. The van der Waals surface area contributed by atoms with Crippen molar-refractivity contribution in [3.8, 4) is 0 Å². The molecule has 1 unspecified atom stereocenters. The molecule has 0 radical (unpaired) electrons. The van der Waals surface area contributed by atoms with Crippen LogP contribution in [0.15, 0.2) is 30.8 Å². The first kappa shape index (κ1) is 19.8. The zero-order chi connectivity index (χ0) is 17.7. The average Bonchev–Trinajstić information content (AvgIpc) is 2.42. The molecule has 5 heteroatoms. The minimum atomic E-state index is -3.45. The molecule has 0 heterocycles. The Morgan fingerprint density at radius 3 is 2.61 bits per heavy atom. The number of Topliss-reactive ketones (excluding diaryl/α,β-unsaturated/α-hetero) is 1. The van der Waals surface area contributed by atoms with Crippen molar-refractivity contribution in [3.63, 3.8) is 0 Å². The van der Waals surface area contributed by atoms with Crippen molar-refractivity contribution in [2.75, 3.05) is 13.3 Å². The Kier molecular flexibility index (Phi) is 6.94. The first-order valence-corrected chi connectivity index (χ1v) is 9.77. The second-order valence-corrected chi connectivity index (χ2v) is 8.56. The van der Waals surface area contributed by atoms with E-state index in [0.29, 0.717) is 19.3 Å². The Bertz CT molecular complexity index is 613. The molecule has 0 aliphatic rings. The van der Waals surface area contributed by atoms with Crippen LogP contribution >= 0.6 is 7.60 Å². The lowest BCUT2D eigenvalue weighted by Gasteiger charge is -2.25. The fourth-order valence-corrected chi connectivity index (χ4v) is 2.86. The van der Waals surface area contributed by atoms with Crippen LogP contribution in [0.4, 0.5) is 0 Å². The average molecular weight is 338 g/mol. The van der Waals surface area contributed by atoms with E-state index >= 15 is 0 Å². The van der Waals surface area contributed by atoms with Crippen molar-refractivity contribution < 1.29 is 18.8 Å². The summed E-state index contributed by atoms with van der Waals surface area (Å²) < 4.78 is 15.8. The molecule has 23 heavy (non-hydrogen) atoms. The second kappa shape index (κ2) is 8.05. The molecule has 4 nitrogen and oxygen atoms in total. The summed E-state index contributed by atoms with van der Waals surface area (Å²) in [7, 11) is -3.45. The highest BCUT2D eigenvalue weighted by Crippen LogP contribution is 2.36. The molecule has 0 saturated carbocycles. The molecule has 0 aromatic heterocycles. The molecule has 1 N–H and O–H groups in total. The van der Waals surface area contributed by atoms with Crippen LogP contribution in [0.1, 0.15) is 51.2 Å². The van der Waals surface area contributed by atoms with Gasteiger partial charge in [-0.2, -0.15) is 0 Å². The van der Waals surface area contributed by atoms with Crippen LogP contribution < -0.4 is 0 Å². The lowest BCUT2D eigenvalue weighted by atomic mass is 9.79. The van der Waals surface area contributed by atoms with Gasteiger partial charge >= 0.3 is 7.60 Å². The highest BCUT2D eigenvalue weighted by molar-refractivity contribution is 7.51. The first-order chi connectivity index (χ1) is 10.5. The topological polar surface area (TPSA) is 63.6 Å². The zero-order valence-electron chi connectivity index (χ0n) is 14.5. The van der Waals surface area contributed by atoms with E-state index in [9.17, 15) is 9.36 Å². The summed E-state index contributed by atoms with van der Waals surface area (Å²) in [5.41, 5.74) is 2.92. The van der Waals surface area contributed by atoms with E-state index in [1.165, 1.54) is 0 Å². The van der Waals surface area contributed by atoms with Crippen LogP contribution in [0.25, 0.3) is 5.57 Å². The monoisotopic (exact) mass is 338 g/mol. The van der Waals surface area contributed by atoms with Crippen molar-refractivity contribution in [2.24, 2.45) is 0 Å². The SMILES string of the molecule is C=C(C)c1cccc(C(C)(C)CC(=O)CCCOP(C)(=O)O)c1. The van der Waals surface area contributed by atoms with Crippen LogP contribution in [0, 0.1) is 0 Å². The van der Waals surface area contributed by atoms with Gasteiger partial charge in [-0.05, 0) is 29.9 Å². The Morgan fingerprint density at radius 2 is 2.04 bits per heavy atom. The third-order valence-corrected chi connectivity index (χ3v) is 4.37. The summed E-state index contributed by atoms with van der Waals surface area (Å²) in [5.74, 6) is 0.128. The van der Waals surface area contributed by atoms with Crippen molar-refractivity contribution in [3.05, 3.63) is 42.0 Å². The predicted molar refractivity (Wildman–Crippen MR) is 94.7 cm³/mol. The van der Waals surface area contributed by atoms with Crippen LogP contribution in [-0.2, 0) is 19.3 Å². The minimum Gasteiger partial charge on any atom is -0.324 e. The number of carbonyl (C=O) groups is 1. The summed E-state index contributed by atoms with van der Waals surface area (Å²) in [6.45, 7) is 11.3. The Balaban J connectivity index is 2.60. The van der Waals surface area contributed by atoms with Gasteiger partial charge in [0.15, 0.2) is 0 Å². The highest BCUT2D eigenvalue weighted by Gasteiger charge is 2.24. The van der Waals surface area contributed by atoms with E-state index in [4.69, 9.17) is 9.42 Å². The number of allylic oxidation sites excluding steroid dienone is 1. The van der Waals surface area contributed by atoms with E-state index in [0.717, 1.165) is 23.4 Å². The molecule has 0 aliphatic carbocycles. The molecule has 0 aliphatic heterocycles. The molecule has 1 aromatic rings. The highest BCUT2D eigenvalue weighted by atomic mass is 31.2. The second-order valence-electron chi connectivity index (χ2n) is 6.70. The van der Waals surface area contributed by atoms with Gasteiger partial charge in [0.25, 0.3) is 0 Å². The maximum absolute atomic E-state index is 12.2. The van der Waals surface area contributed by atoms with E-state index in [-0.39, 0.29) is 17.8 Å². The molecule has 0 amide bonds. The quantitative estimate of drug-likeness (QED) is 0.529. The Morgan fingerprint density at radius 1 is 1.39 bits per heavy atom. The molecular formula is C18H27O4P. The van der Waals surface area contributed by atoms with Gasteiger partial charge in [-0.3, -0.25) is 9.36 Å². The van der Waals surface area contributed by atoms with Crippen molar-refractivity contribution in [1.82, 2.24) is 0 Å². The van der Waals surface area contributed by atoms with Crippen molar-refractivity contribution >= 4 is 19.0 Å². The summed E-state index contributed by atoms with van der Waals surface area (Å²) >= 11 is 0. The van der Waals surface area contributed by atoms with Gasteiger partial charge < -0.3 is 9.42 Å². The molecule has 1 atom stereocenters. The molecule has 0 fully saturated rings. The molecule has 1 aromatic carbocycles. The van der Waals surface area contributed by atoms with Crippen LogP contribution in [-0.4, -0.2) is 23.9 Å². The summed E-state index contributed by atoms with van der Waals surface area (Å²) in [6.07, 6.45) is 1.23. The Hall–Kier alpha value is -1.22. The fraction of sp³-hybridized carbons (Fsp3) is 0.500. The third kappa shape index (κ3) is 7.26. The zero-order valence-corrected chi connectivity index (χ0v) is 15.4. The molecule has 0 saturated heterocycles. The van der Waals surface area contributed by atoms with Gasteiger partial charge in [0, 0.05) is 19.5 Å². The largest absolute Gasteiger partial charge is 0.325 e. The summed E-state index contributed by atoms with van der Waals surface area (Å²) in [5, 5.41) is 0. The van der Waals surface area contributed by atoms with E-state index < -0.39 is 7.60 Å². The van der Waals surface area contributed by atoms with Gasteiger partial charge in [0.2, 0.25) is 0 Å². The van der Waals surface area contributed by atoms with Crippen LogP contribution in [0.5, 0.6) is 0 Å². The summed E-state index contributed by atoms with van der Waals surface area (Å²) in [6, 6.07) is 8.11. The smallest absolute Gasteiger partial charge is 0.324 e. The molecule has 0 spiro atoms. The van der Waals surface area contributed by atoms with E-state index in [2.05, 4.69) is 12.6 Å². The lowest BCUT2D eigenvalue weighted by molar-refractivity contribution is -0.120. The van der Waals surface area contributed by atoms with Crippen LogP contribution in [0.3, 0.4) is 0 Å². The number of rotatable bonds is 9. The number of hydrogen-bond acceptors (Lipinski definition) is 3.